The van der Waals surface area contributed by atoms with Gasteiger partial charge >= 0.3 is 0 Å². The van der Waals surface area contributed by atoms with Crippen LogP contribution in [0.2, 0.25) is 0 Å². The molecule has 0 N–H and O–H groups in total. The van der Waals surface area contributed by atoms with Gasteiger partial charge in [0.05, 0.1) is 6.26 Å². The van der Waals surface area contributed by atoms with E-state index in [-0.39, 0.29) is 4.87 Å². The van der Waals surface area contributed by atoms with Crippen LogP contribution in [0.15, 0.2) is 22.8 Å². The number of hydrogen-bond acceptors (Lipinski definition) is 1. The SMILES string of the molecule is ClC1CCC(Cl)(c2ccco2)CC1. The molecule has 0 aliphatic heterocycles. The van der Waals surface area contributed by atoms with Crippen LogP contribution in [0.1, 0.15) is 31.4 Å². The van der Waals surface area contributed by atoms with Gasteiger partial charge in [0.25, 0.3) is 0 Å². The molecule has 1 aromatic rings. The smallest absolute Gasteiger partial charge is 0.124 e. The Morgan fingerprint density at radius 1 is 1.38 bits per heavy atom. The Morgan fingerprint density at radius 2 is 2.08 bits per heavy atom. The highest BCUT2D eigenvalue weighted by Gasteiger charge is 2.36. The minimum Gasteiger partial charge on any atom is -0.467 e. The van der Waals surface area contributed by atoms with E-state index in [9.17, 15) is 0 Å². The maximum Gasteiger partial charge on any atom is 0.124 e. The van der Waals surface area contributed by atoms with Gasteiger partial charge in [-0.15, -0.1) is 23.2 Å². The van der Waals surface area contributed by atoms with E-state index in [1.165, 1.54) is 0 Å². The first-order valence-corrected chi connectivity index (χ1v) is 5.39. The first kappa shape index (κ1) is 9.42. The molecule has 0 radical (unpaired) electrons. The highest BCUT2D eigenvalue weighted by molar-refractivity contribution is 6.24. The molecule has 72 valence electrons. The van der Waals surface area contributed by atoms with E-state index in [2.05, 4.69) is 0 Å². The second-order valence-electron chi connectivity index (χ2n) is 3.62. The van der Waals surface area contributed by atoms with Crippen LogP contribution in [0.4, 0.5) is 0 Å². The van der Waals surface area contributed by atoms with Crippen LogP contribution in [-0.4, -0.2) is 5.38 Å². The Balaban J connectivity index is 2.13. The van der Waals surface area contributed by atoms with E-state index < -0.39 is 0 Å². The van der Waals surface area contributed by atoms with Gasteiger partial charge in [-0.1, -0.05) is 0 Å². The maximum atomic E-state index is 6.45. The molecule has 1 aliphatic rings. The number of hydrogen-bond donors (Lipinski definition) is 0. The van der Waals surface area contributed by atoms with Crippen molar-refractivity contribution in [3.8, 4) is 0 Å². The average Bonchev–Trinajstić information content (AvgIpc) is 2.63. The Hall–Kier alpha value is -0.140. The van der Waals surface area contributed by atoms with E-state index in [0.717, 1.165) is 31.4 Å². The van der Waals surface area contributed by atoms with Crippen molar-refractivity contribution >= 4 is 23.2 Å². The van der Waals surface area contributed by atoms with E-state index in [1.807, 2.05) is 12.1 Å². The highest BCUT2D eigenvalue weighted by atomic mass is 35.5. The van der Waals surface area contributed by atoms with Crippen molar-refractivity contribution in [2.45, 2.75) is 35.9 Å². The lowest BCUT2D eigenvalue weighted by Gasteiger charge is -2.31. The monoisotopic (exact) mass is 218 g/mol. The number of furan rings is 1. The van der Waals surface area contributed by atoms with Crippen molar-refractivity contribution in [2.24, 2.45) is 0 Å². The average molecular weight is 219 g/mol. The zero-order valence-corrected chi connectivity index (χ0v) is 8.81. The predicted molar refractivity (Wildman–Crippen MR) is 54.3 cm³/mol. The molecule has 2 rings (SSSR count). The van der Waals surface area contributed by atoms with Crippen LogP contribution >= 0.6 is 23.2 Å². The van der Waals surface area contributed by atoms with Crippen molar-refractivity contribution in [3.63, 3.8) is 0 Å². The van der Waals surface area contributed by atoms with Crippen LogP contribution in [0.5, 0.6) is 0 Å². The first-order chi connectivity index (χ1) is 6.21. The third-order valence-corrected chi connectivity index (χ3v) is 3.67. The van der Waals surface area contributed by atoms with Gasteiger partial charge in [-0.05, 0) is 37.8 Å². The van der Waals surface area contributed by atoms with Gasteiger partial charge in [0.2, 0.25) is 0 Å². The van der Waals surface area contributed by atoms with Crippen LogP contribution in [0.25, 0.3) is 0 Å². The molecule has 1 heterocycles. The number of halogens is 2. The third kappa shape index (κ3) is 1.87. The second-order valence-corrected chi connectivity index (χ2v) is 4.96. The van der Waals surface area contributed by atoms with E-state index >= 15 is 0 Å². The fourth-order valence-corrected chi connectivity index (χ4v) is 2.36. The van der Waals surface area contributed by atoms with Crippen molar-refractivity contribution in [3.05, 3.63) is 24.2 Å². The Kier molecular flexibility index (Phi) is 2.57. The highest BCUT2D eigenvalue weighted by Crippen LogP contribution is 2.44. The lowest BCUT2D eigenvalue weighted by Crippen LogP contribution is -2.25. The Bertz CT molecular complexity index is 260. The quantitative estimate of drug-likeness (QED) is 0.653. The van der Waals surface area contributed by atoms with Crippen LogP contribution in [0, 0.1) is 0 Å². The molecular formula is C10H12Cl2O. The van der Waals surface area contributed by atoms with Crippen molar-refractivity contribution in [2.75, 3.05) is 0 Å². The van der Waals surface area contributed by atoms with E-state index in [0.29, 0.717) is 5.38 Å². The molecule has 0 amide bonds. The van der Waals surface area contributed by atoms with Gasteiger partial charge in [0, 0.05) is 5.38 Å². The predicted octanol–water partition coefficient (Wildman–Crippen LogP) is 3.90. The summed E-state index contributed by atoms with van der Waals surface area (Å²) in [5.41, 5.74) is 0. The largest absolute Gasteiger partial charge is 0.467 e. The van der Waals surface area contributed by atoms with Gasteiger partial charge in [-0.3, -0.25) is 0 Å². The molecule has 1 nitrogen and oxygen atoms in total. The summed E-state index contributed by atoms with van der Waals surface area (Å²) >= 11 is 12.5. The molecule has 0 atom stereocenters. The molecule has 0 aromatic carbocycles. The van der Waals surface area contributed by atoms with Crippen molar-refractivity contribution in [1.29, 1.82) is 0 Å². The first-order valence-electron chi connectivity index (χ1n) is 4.58. The maximum absolute atomic E-state index is 6.45. The number of rotatable bonds is 1. The van der Waals surface area contributed by atoms with Crippen LogP contribution in [-0.2, 0) is 4.87 Å². The molecule has 0 unspecified atom stereocenters. The van der Waals surface area contributed by atoms with E-state index in [4.69, 9.17) is 27.6 Å². The van der Waals surface area contributed by atoms with Gasteiger partial charge in [-0.25, -0.2) is 0 Å². The minimum atomic E-state index is -0.297. The molecule has 3 heteroatoms. The van der Waals surface area contributed by atoms with Crippen LogP contribution < -0.4 is 0 Å². The summed E-state index contributed by atoms with van der Waals surface area (Å²) in [5.74, 6) is 0.887. The third-order valence-electron chi connectivity index (χ3n) is 2.67. The fourth-order valence-electron chi connectivity index (χ4n) is 1.82. The normalized spacial score (nSPS) is 34.8. The van der Waals surface area contributed by atoms with Gasteiger partial charge in [0.15, 0.2) is 0 Å². The summed E-state index contributed by atoms with van der Waals surface area (Å²) in [6.07, 6.45) is 5.45. The molecule has 1 fully saturated rings. The van der Waals surface area contributed by atoms with Gasteiger partial charge < -0.3 is 4.42 Å². The van der Waals surface area contributed by atoms with Gasteiger partial charge in [-0.2, -0.15) is 0 Å². The molecule has 1 aliphatic carbocycles. The molecule has 1 aromatic heterocycles. The van der Waals surface area contributed by atoms with Gasteiger partial charge in [0.1, 0.15) is 10.6 Å². The Labute approximate surface area is 88.0 Å². The van der Waals surface area contributed by atoms with E-state index in [1.54, 1.807) is 6.26 Å². The summed E-state index contributed by atoms with van der Waals surface area (Å²) in [5, 5.41) is 0.293. The molecule has 0 spiro atoms. The Morgan fingerprint density at radius 3 is 2.62 bits per heavy atom. The summed E-state index contributed by atoms with van der Waals surface area (Å²) in [4.78, 5) is -0.297. The zero-order chi connectivity index (χ0) is 9.31. The number of alkyl halides is 2. The molecule has 0 saturated heterocycles. The van der Waals surface area contributed by atoms with Crippen molar-refractivity contribution in [1.82, 2.24) is 0 Å². The second kappa shape index (κ2) is 3.55. The summed E-state index contributed by atoms with van der Waals surface area (Å²) in [7, 11) is 0. The standard InChI is InChI=1S/C10H12Cl2O/c11-8-3-5-10(12,6-4-8)9-2-1-7-13-9/h1-2,7-8H,3-6H2. The van der Waals surface area contributed by atoms with Crippen molar-refractivity contribution < 1.29 is 4.42 Å². The minimum absolute atomic E-state index is 0.293. The topological polar surface area (TPSA) is 13.1 Å². The molecule has 0 bridgehead atoms. The molecule has 1 saturated carbocycles. The summed E-state index contributed by atoms with van der Waals surface area (Å²) < 4.78 is 5.34. The summed E-state index contributed by atoms with van der Waals surface area (Å²) in [6.45, 7) is 0. The zero-order valence-electron chi connectivity index (χ0n) is 7.30. The summed E-state index contributed by atoms with van der Waals surface area (Å²) in [6, 6.07) is 3.83. The molecule has 13 heavy (non-hydrogen) atoms. The fraction of sp³-hybridized carbons (Fsp3) is 0.600. The molecular weight excluding hydrogens is 207 g/mol. The lowest BCUT2D eigenvalue weighted by atomic mass is 9.86. The van der Waals surface area contributed by atoms with Crippen LogP contribution in [0.3, 0.4) is 0 Å². The lowest BCUT2D eigenvalue weighted by molar-refractivity contribution is 0.339.